The number of hydrogen-bond acceptors (Lipinski definition) is 3. The average Bonchev–Trinajstić information content (AvgIpc) is 2.91. The molecule has 0 aliphatic carbocycles. The summed E-state index contributed by atoms with van der Waals surface area (Å²) in [6.45, 7) is 0. The minimum Gasteiger partial charge on any atom is -0.496 e. The van der Waals surface area contributed by atoms with Gasteiger partial charge in [0.15, 0.2) is 5.78 Å². The lowest BCUT2D eigenvalue weighted by Gasteiger charge is -2.03. The number of H-pyrrole nitrogens is 2. The van der Waals surface area contributed by atoms with Crippen molar-refractivity contribution in [2.75, 3.05) is 7.11 Å². The van der Waals surface area contributed by atoms with E-state index in [1.54, 1.807) is 31.4 Å². The Morgan fingerprint density at radius 3 is 2.68 bits per heavy atom. The van der Waals surface area contributed by atoms with Gasteiger partial charge in [0.1, 0.15) is 5.75 Å². The zero-order chi connectivity index (χ0) is 15.5. The van der Waals surface area contributed by atoms with E-state index in [-0.39, 0.29) is 11.5 Å². The van der Waals surface area contributed by atoms with Gasteiger partial charge in [-0.25, -0.2) is 4.79 Å². The molecular weight excluding hydrogens is 280 g/mol. The van der Waals surface area contributed by atoms with Crippen LogP contribution in [0.25, 0.3) is 17.1 Å². The van der Waals surface area contributed by atoms with E-state index in [4.69, 9.17) is 4.74 Å². The number of aromatic nitrogens is 2. The summed E-state index contributed by atoms with van der Waals surface area (Å²) < 4.78 is 5.24. The largest absolute Gasteiger partial charge is 0.496 e. The smallest absolute Gasteiger partial charge is 0.323 e. The molecule has 0 aliphatic heterocycles. The first-order valence-electron chi connectivity index (χ1n) is 6.75. The van der Waals surface area contributed by atoms with Crippen LogP contribution < -0.4 is 10.4 Å². The minimum atomic E-state index is -0.288. The normalized spacial score (nSPS) is 11.1. The number of imidazole rings is 1. The van der Waals surface area contributed by atoms with E-state index in [9.17, 15) is 9.59 Å². The number of hydrogen-bond donors (Lipinski definition) is 2. The highest BCUT2D eigenvalue weighted by Crippen LogP contribution is 2.19. The summed E-state index contributed by atoms with van der Waals surface area (Å²) in [5.41, 5.74) is 2.34. The van der Waals surface area contributed by atoms with Gasteiger partial charge in [0.05, 0.1) is 18.1 Å². The van der Waals surface area contributed by atoms with E-state index >= 15 is 0 Å². The van der Waals surface area contributed by atoms with Gasteiger partial charge in [-0.1, -0.05) is 18.2 Å². The van der Waals surface area contributed by atoms with Crippen LogP contribution in [0.15, 0.2) is 53.3 Å². The molecule has 0 aliphatic rings. The molecule has 2 N–H and O–H groups in total. The first-order chi connectivity index (χ1) is 10.7. The maximum atomic E-state index is 12.2. The van der Waals surface area contributed by atoms with Gasteiger partial charge >= 0.3 is 5.69 Å². The topological polar surface area (TPSA) is 75.0 Å². The molecule has 22 heavy (non-hydrogen) atoms. The molecule has 1 heterocycles. The molecule has 110 valence electrons. The SMILES string of the molecule is COc1ccccc1/C=C/C(=O)c1ccc2[nH]c(=O)[nH]c2c1. The third-order valence-electron chi connectivity index (χ3n) is 3.35. The Bertz CT molecular complexity index is 919. The summed E-state index contributed by atoms with van der Waals surface area (Å²) in [7, 11) is 1.59. The van der Waals surface area contributed by atoms with Crippen LogP contribution in [0.5, 0.6) is 5.75 Å². The van der Waals surface area contributed by atoms with E-state index in [1.807, 2.05) is 24.3 Å². The van der Waals surface area contributed by atoms with Gasteiger partial charge in [-0.15, -0.1) is 0 Å². The number of allylic oxidation sites excluding steroid dienone is 1. The van der Waals surface area contributed by atoms with Crippen molar-refractivity contribution < 1.29 is 9.53 Å². The fourth-order valence-electron chi connectivity index (χ4n) is 2.25. The maximum absolute atomic E-state index is 12.2. The van der Waals surface area contributed by atoms with Crippen LogP contribution in [0.2, 0.25) is 0 Å². The first kappa shape index (κ1) is 13.9. The first-order valence-corrected chi connectivity index (χ1v) is 6.75. The monoisotopic (exact) mass is 294 g/mol. The summed E-state index contributed by atoms with van der Waals surface area (Å²) in [4.78, 5) is 28.7. The zero-order valence-electron chi connectivity index (χ0n) is 11.9. The van der Waals surface area contributed by atoms with Gasteiger partial charge in [-0.3, -0.25) is 4.79 Å². The van der Waals surface area contributed by atoms with Crippen LogP contribution in [-0.2, 0) is 0 Å². The average molecular weight is 294 g/mol. The van der Waals surface area contributed by atoms with Crippen molar-refractivity contribution in [3.8, 4) is 5.75 Å². The molecule has 0 fully saturated rings. The number of ether oxygens (including phenoxy) is 1. The Kier molecular flexibility index (Phi) is 3.62. The molecule has 0 bridgehead atoms. The predicted molar refractivity (Wildman–Crippen MR) is 85.3 cm³/mol. The van der Waals surface area contributed by atoms with Crippen molar-refractivity contribution in [2.24, 2.45) is 0 Å². The molecule has 1 aromatic heterocycles. The molecule has 3 aromatic rings. The van der Waals surface area contributed by atoms with Gasteiger partial charge < -0.3 is 14.7 Å². The second-order valence-electron chi connectivity index (χ2n) is 4.78. The third-order valence-corrected chi connectivity index (χ3v) is 3.35. The molecule has 3 rings (SSSR count). The lowest BCUT2D eigenvalue weighted by molar-refractivity contribution is 0.104. The molecule has 2 aromatic carbocycles. The third kappa shape index (κ3) is 2.69. The summed E-state index contributed by atoms with van der Waals surface area (Å²) >= 11 is 0. The van der Waals surface area contributed by atoms with Gasteiger partial charge in [-0.05, 0) is 36.4 Å². The van der Waals surface area contributed by atoms with Crippen molar-refractivity contribution in [1.82, 2.24) is 9.97 Å². The second kappa shape index (κ2) is 5.73. The van der Waals surface area contributed by atoms with Crippen LogP contribution in [0.4, 0.5) is 0 Å². The van der Waals surface area contributed by atoms with Gasteiger partial charge in [0, 0.05) is 11.1 Å². The highest BCUT2D eigenvalue weighted by Gasteiger charge is 2.06. The fourth-order valence-corrected chi connectivity index (χ4v) is 2.25. The lowest BCUT2D eigenvalue weighted by atomic mass is 10.1. The van der Waals surface area contributed by atoms with E-state index in [1.165, 1.54) is 6.08 Å². The maximum Gasteiger partial charge on any atom is 0.323 e. The molecule has 0 atom stereocenters. The van der Waals surface area contributed by atoms with E-state index < -0.39 is 0 Å². The highest BCUT2D eigenvalue weighted by molar-refractivity contribution is 6.08. The number of rotatable bonds is 4. The Balaban J connectivity index is 1.89. The Morgan fingerprint density at radius 1 is 1.09 bits per heavy atom. The van der Waals surface area contributed by atoms with Crippen LogP contribution in [-0.4, -0.2) is 22.9 Å². The molecule has 5 heteroatoms. The molecule has 0 spiro atoms. The highest BCUT2D eigenvalue weighted by atomic mass is 16.5. The van der Waals surface area contributed by atoms with E-state index in [2.05, 4.69) is 9.97 Å². The number of aromatic amines is 2. The summed E-state index contributed by atoms with van der Waals surface area (Å²) in [5, 5.41) is 0. The number of nitrogens with one attached hydrogen (secondary N) is 2. The summed E-state index contributed by atoms with van der Waals surface area (Å²) in [6.07, 6.45) is 3.20. The Morgan fingerprint density at radius 2 is 1.86 bits per heavy atom. The van der Waals surface area contributed by atoms with Crippen LogP contribution >= 0.6 is 0 Å². The molecule has 0 unspecified atom stereocenters. The van der Waals surface area contributed by atoms with Crippen LogP contribution in [0.3, 0.4) is 0 Å². The number of carbonyl (C=O) groups excluding carboxylic acids is 1. The van der Waals surface area contributed by atoms with Crippen molar-refractivity contribution in [1.29, 1.82) is 0 Å². The second-order valence-corrected chi connectivity index (χ2v) is 4.78. The van der Waals surface area contributed by atoms with E-state index in [0.29, 0.717) is 22.3 Å². The van der Waals surface area contributed by atoms with Crippen molar-refractivity contribution in [2.45, 2.75) is 0 Å². The fraction of sp³-hybridized carbons (Fsp3) is 0.0588. The minimum absolute atomic E-state index is 0.144. The van der Waals surface area contributed by atoms with Crippen LogP contribution in [0, 0.1) is 0 Å². The molecule has 0 amide bonds. The predicted octanol–water partition coefficient (Wildman–Crippen LogP) is 2.76. The Hall–Kier alpha value is -3.08. The molecule has 0 saturated heterocycles. The molecule has 5 nitrogen and oxygen atoms in total. The summed E-state index contributed by atoms with van der Waals surface area (Å²) in [6, 6.07) is 12.5. The molecule has 0 saturated carbocycles. The van der Waals surface area contributed by atoms with Crippen molar-refractivity contribution in [3.63, 3.8) is 0 Å². The number of fused-ring (bicyclic) bond motifs is 1. The summed E-state index contributed by atoms with van der Waals surface area (Å²) in [5.74, 6) is 0.562. The molecule has 0 radical (unpaired) electrons. The van der Waals surface area contributed by atoms with Crippen LogP contribution in [0.1, 0.15) is 15.9 Å². The number of carbonyl (C=O) groups is 1. The number of methoxy groups -OCH3 is 1. The Labute approximate surface area is 126 Å². The number of ketones is 1. The quantitative estimate of drug-likeness (QED) is 0.574. The van der Waals surface area contributed by atoms with Crippen molar-refractivity contribution in [3.05, 3.63) is 70.2 Å². The number of para-hydroxylation sites is 1. The van der Waals surface area contributed by atoms with E-state index in [0.717, 1.165) is 5.56 Å². The van der Waals surface area contributed by atoms with Gasteiger partial charge in [0.2, 0.25) is 0 Å². The van der Waals surface area contributed by atoms with Gasteiger partial charge in [0.25, 0.3) is 0 Å². The standard InChI is InChI=1S/C17H14N2O3/c1-22-16-5-3-2-4-11(16)7-9-15(20)12-6-8-13-14(10-12)19-17(21)18-13/h2-10H,1H3,(H2,18,19,21)/b9-7+. The zero-order valence-corrected chi connectivity index (χ0v) is 11.9. The van der Waals surface area contributed by atoms with Crippen molar-refractivity contribution >= 4 is 22.9 Å². The lowest BCUT2D eigenvalue weighted by Crippen LogP contribution is -1.99. The number of benzene rings is 2. The molecular formula is C17H14N2O3. The van der Waals surface area contributed by atoms with Gasteiger partial charge in [-0.2, -0.15) is 0 Å².